The largest absolute Gasteiger partial charge is 0.373 e. The Hall–Kier alpha value is -2.59. The highest BCUT2D eigenvalue weighted by molar-refractivity contribution is 5.83. The minimum atomic E-state index is -0.154. The van der Waals surface area contributed by atoms with Gasteiger partial charge in [0.05, 0.1) is 0 Å². The van der Waals surface area contributed by atoms with Gasteiger partial charge in [0.25, 0.3) is 0 Å². The summed E-state index contributed by atoms with van der Waals surface area (Å²) in [6.07, 6.45) is 7.81. The van der Waals surface area contributed by atoms with Gasteiger partial charge in [0.1, 0.15) is 5.82 Å². The van der Waals surface area contributed by atoms with Crippen LogP contribution < -0.4 is 0 Å². The lowest BCUT2D eigenvalue weighted by atomic mass is 9.86. The van der Waals surface area contributed by atoms with Crippen LogP contribution in [0.5, 0.6) is 0 Å². The van der Waals surface area contributed by atoms with E-state index in [0.717, 1.165) is 62.9 Å². The molecule has 2 aliphatic rings. The molecule has 0 bridgehead atoms. The summed E-state index contributed by atoms with van der Waals surface area (Å²) >= 11 is 0. The van der Waals surface area contributed by atoms with E-state index in [-0.39, 0.29) is 5.82 Å². The number of piperazine rings is 1. The van der Waals surface area contributed by atoms with Crippen LogP contribution in [0.15, 0.2) is 66.5 Å². The van der Waals surface area contributed by atoms with Gasteiger partial charge in [0.2, 0.25) is 0 Å². The van der Waals surface area contributed by atoms with E-state index < -0.39 is 0 Å². The van der Waals surface area contributed by atoms with Crippen molar-refractivity contribution in [2.24, 2.45) is 0 Å². The first-order chi connectivity index (χ1) is 14.3. The van der Waals surface area contributed by atoms with Gasteiger partial charge in [-0.05, 0) is 54.5 Å². The number of nitrogens with one attached hydrogen (secondary N) is 1. The Morgan fingerprint density at radius 1 is 1.00 bits per heavy atom. The molecular weight excluding hydrogens is 361 g/mol. The smallest absolute Gasteiger partial charge is 0.123 e. The zero-order valence-electron chi connectivity index (χ0n) is 16.8. The van der Waals surface area contributed by atoms with Gasteiger partial charge in [-0.2, -0.15) is 0 Å². The molecule has 1 aliphatic heterocycles. The van der Waals surface area contributed by atoms with Gasteiger partial charge in [-0.1, -0.05) is 36.4 Å². The van der Waals surface area contributed by atoms with E-state index in [4.69, 9.17) is 0 Å². The molecule has 1 saturated heterocycles. The molecule has 0 radical (unpaired) electrons. The number of allylic oxidation sites excluding steroid dienone is 2. The molecule has 1 fully saturated rings. The molecule has 3 nitrogen and oxygen atoms in total. The van der Waals surface area contributed by atoms with Crippen LogP contribution in [0.2, 0.25) is 0 Å². The van der Waals surface area contributed by atoms with E-state index >= 15 is 0 Å². The molecule has 2 aromatic carbocycles. The highest BCUT2D eigenvalue weighted by Crippen LogP contribution is 2.37. The number of halogens is 1. The van der Waals surface area contributed by atoms with Gasteiger partial charge in [0.15, 0.2) is 0 Å². The molecule has 5 rings (SSSR count). The van der Waals surface area contributed by atoms with E-state index in [1.807, 2.05) is 6.07 Å². The second-order valence-electron chi connectivity index (χ2n) is 8.35. The average molecular weight is 390 g/mol. The van der Waals surface area contributed by atoms with Crippen LogP contribution >= 0.6 is 0 Å². The molecule has 4 heteroatoms. The molecule has 0 spiro atoms. The van der Waals surface area contributed by atoms with Crippen molar-refractivity contribution in [1.29, 1.82) is 0 Å². The Balaban J connectivity index is 1.20. The number of nitrogens with zero attached hydrogens (tertiary/aromatic N) is 2. The fourth-order valence-corrected chi connectivity index (χ4v) is 4.88. The van der Waals surface area contributed by atoms with Crippen LogP contribution in [0.3, 0.4) is 0 Å². The van der Waals surface area contributed by atoms with Gasteiger partial charge < -0.3 is 9.88 Å². The molecule has 1 N–H and O–H groups in total. The number of fused-ring (bicyclic) bond motifs is 1. The van der Waals surface area contributed by atoms with Crippen molar-refractivity contribution in [2.45, 2.75) is 31.7 Å². The summed E-state index contributed by atoms with van der Waals surface area (Å²) < 4.78 is 13.7. The number of H-pyrrole nitrogens is 1. The molecule has 1 aromatic heterocycles. The molecule has 1 aliphatic carbocycles. The first kappa shape index (κ1) is 18.4. The van der Waals surface area contributed by atoms with Crippen molar-refractivity contribution in [1.82, 2.24) is 14.8 Å². The number of hydrogen-bond acceptors (Lipinski definition) is 2. The summed E-state index contributed by atoms with van der Waals surface area (Å²) in [7, 11) is 0. The van der Waals surface area contributed by atoms with Crippen molar-refractivity contribution in [2.75, 3.05) is 26.2 Å². The Kier molecular flexibility index (Phi) is 5.11. The Morgan fingerprint density at radius 2 is 1.83 bits per heavy atom. The lowest BCUT2D eigenvalue weighted by Crippen LogP contribution is -2.45. The second-order valence-corrected chi connectivity index (χ2v) is 8.35. The van der Waals surface area contributed by atoms with Gasteiger partial charge in [-0.3, -0.25) is 4.90 Å². The first-order valence-electron chi connectivity index (χ1n) is 10.7. The highest BCUT2D eigenvalue weighted by Gasteiger charge is 2.24. The van der Waals surface area contributed by atoms with Crippen molar-refractivity contribution >= 4 is 10.9 Å². The lowest BCUT2D eigenvalue weighted by molar-refractivity contribution is 0.147. The predicted molar refractivity (Wildman–Crippen MR) is 116 cm³/mol. The lowest BCUT2D eigenvalue weighted by Gasteiger charge is -2.39. The Labute approximate surface area is 171 Å². The molecular formula is C25H28FN3. The summed E-state index contributed by atoms with van der Waals surface area (Å²) in [6.45, 7) is 5.52. The van der Waals surface area contributed by atoms with E-state index in [2.05, 4.69) is 57.4 Å². The monoisotopic (exact) mass is 389 g/mol. The van der Waals surface area contributed by atoms with Gasteiger partial charge in [-0.25, -0.2) is 4.39 Å². The summed E-state index contributed by atoms with van der Waals surface area (Å²) in [5, 5.41) is 1.04. The summed E-state index contributed by atoms with van der Waals surface area (Å²) in [4.78, 5) is 8.44. The maximum atomic E-state index is 13.7. The third-order valence-corrected chi connectivity index (χ3v) is 6.53. The van der Waals surface area contributed by atoms with Crippen LogP contribution in [0.1, 0.15) is 36.3 Å². The first-order valence-corrected chi connectivity index (χ1v) is 10.7. The third kappa shape index (κ3) is 3.95. The highest BCUT2D eigenvalue weighted by atomic mass is 19.1. The molecule has 1 unspecified atom stereocenters. The summed E-state index contributed by atoms with van der Waals surface area (Å²) in [6, 6.07) is 15.8. The van der Waals surface area contributed by atoms with Gasteiger partial charge in [0, 0.05) is 55.5 Å². The van der Waals surface area contributed by atoms with Crippen molar-refractivity contribution < 1.29 is 4.39 Å². The minimum Gasteiger partial charge on any atom is -0.373 e. The topological polar surface area (TPSA) is 22.3 Å². The van der Waals surface area contributed by atoms with Crippen LogP contribution in [0.25, 0.3) is 10.9 Å². The quantitative estimate of drug-likeness (QED) is 0.656. The summed E-state index contributed by atoms with van der Waals surface area (Å²) in [5.41, 5.74) is 5.20. The Bertz CT molecular complexity index is 999. The van der Waals surface area contributed by atoms with Crippen LogP contribution in [0.4, 0.5) is 4.39 Å². The number of hydrogen-bond donors (Lipinski definition) is 1. The SMILES string of the molecule is Fc1ccc2[nH]cc(C3CC=C(N4CCN(Cc5ccccc5)CC4)CC3)c2c1. The maximum absolute atomic E-state index is 13.7. The molecule has 0 amide bonds. The molecule has 0 saturated carbocycles. The van der Waals surface area contributed by atoms with E-state index in [9.17, 15) is 4.39 Å². The molecule has 2 heterocycles. The predicted octanol–water partition coefficient (Wildman–Crippen LogP) is 5.28. The van der Waals surface area contributed by atoms with Crippen molar-refractivity contribution in [3.05, 3.63) is 83.4 Å². The van der Waals surface area contributed by atoms with E-state index in [1.165, 1.54) is 22.9 Å². The van der Waals surface area contributed by atoms with Crippen LogP contribution in [-0.4, -0.2) is 41.0 Å². The normalized spacial score (nSPS) is 20.8. The fraction of sp³-hybridized carbons (Fsp3) is 0.360. The van der Waals surface area contributed by atoms with Crippen molar-refractivity contribution in [3.63, 3.8) is 0 Å². The van der Waals surface area contributed by atoms with E-state index in [1.54, 1.807) is 6.07 Å². The Morgan fingerprint density at radius 3 is 2.59 bits per heavy atom. The zero-order valence-corrected chi connectivity index (χ0v) is 16.8. The third-order valence-electron chi connectivity index (χ3n) is 6.53. The van der Waals surface area contributed by atoms with Gasteiger partial charge in [-0.15, -0.1) is 0 Å². The molecule has 29 heavy (non-hydrogen) atoms. The average Bonchev–Trinajstić information content (AvgIpc) is 3.18. The standard InChI is InChI=1S/C25H28FN3/c26-21-8-11-25-23(16-21)24(17-27-25)20-6-9-22(10-7-20)29-14-12-28(13-15-29)18-19-4-2-1-3-5-19/h1-5,8-9,11,16-17,20,27H,6-7,10,12-15,18H2. The van der Waals surface area contributed by atoms with Crippen molar-refractivity contribution in [3.8, 4) is 0 Å². The van der Waals surface area contributed by atoms with Crippen LogP contribution in [-0.2, 0) is 6.54 Å². The molecule has 150 valence electrons. The number of aromatic amines is 1. The van der Waals surface area contributed by atoms with E-state index in [0.29, 0.717) is 5.92 Å². The molecule has 3 aromatic rings. The van der Waals surface area contributed by atoms with Gasteiger partial charge >= 0.3 is 0 Å². The number of benzene rings is 2. The summed E-state index contributed by atoms with van der Waals surface area (Å²) in [5.74, 6) is 0.326. The minimum absolute atomic E-state index is 0.154. The zero-order chi connectivity index (χ0) is 19.6. The number of rotatable bonds is 4. The maximum Gasteiger partial charge on any atom is 0.123 e. The molecule has 1 atom stereocenters. The number of aromatic nitrogens is 1. The second kappa shape index (κ2) is 8.03. The van der Waals surface area contributed by atoms with Crippen LogP contribution in [0, 0.1) is 5.82 Å². The fourth-order valence-electron chi connectivity index (χ4n) is 4.88.